The number of esters is 1. The van der Waals surface area contributed by atoms with Crippen molar-refractivity contribution in [2.75, 3.05) is 52.0 Å². The summed E-state index contributed by atoms with van der Waals surface area (Å²) in [6.45, 7) is 5.28. The molecular formula is C25H39N5O4. The molecule has 0 aliphatic rings. The molecule has 0 saturated heterocycles. The molecule has 0 spiro atoms. The zero-order valence-corrected chi connectivity index (χ0v) is 21.1. The fraction of sp³-hybridized carbons (Fsp3) is 0.560. The van der Waals surface area contributed by atoms with Crippen LogP contribution in [0.25, 0.3) is 0 Å². The van der Waals surface area contributed by atoms with E-state index in [0.29, 0.717) is 30.2 Å². The van der Waals surface area contributed by atoms with E-state index in [9.17, 15) is 9.90 Å². The van der Waals surface area contributed by atoms with Gasteiger partial charge < -0.3 is 30.5 Å². The lowest BCUT2D eigenvalue weighted by Crippen LogP contribution is -2.25. The van der Waals surface area contributed by atoms with Crippen LogP contribution in [-0.2, 0) is 11.2 Å². The van der Waals surface area contributed by atoms with Gasteiger partial charge in [-0.05, 0) is 64.5 Å². The molecule has 0 amide bonds. The third kappa shape index (κ3) is 8.14. The number of anilines is 2. The van der Waals surface area contributed by atoms with Crippen LogP contribution in [0.5, 0.6) is 5.75 Å². The van der Waals surface area contributed by atoms with Crippen molar-refractivity contribution in [1.29, 1.82) is 0 Å². The van der Waals surface area contributed by atoms with Crippen molar-refractivity contribution >= 4 is 17.7 Å². The summed E-state index contributed by atoms with van der Waals surface area (Å²) in [7, 11) is 5.61. The molecular weight excluding hydrogens is 434 g/mol. The predicted molar refractivity (Wildman–Crippen MR) is 134 cm³/mol. The lowest BCUT2D eigenvalue weighted by molar-refractivity contribution is 0.0496. The van der Waals surface area contributed by atoms with Gasteiger partial charge in [0.25, 0.3) is 0 Å². The van der Waals surface area contributed by atoms with Crippen molar-refractivity contribution in [2.24, 2.45) is 0 Å². The van der Waals surface area contributed by atoms with Crippen LogP contribution in [0.15, 0.2) is 18.2 Å². The Hall–Kier alpha value is -2.91. The molecule has 0 radical (unpaired) electrons. The van der Waals surface area contributed by atoms with E-state index in [4.69, 9.17) is 15.2 Å². The Bertz CT molecular complexity index is 936. The van der Waals surface area contributed by atoms with E-state index in [1.165, 1.54) is 0 Å². The number of aliphatic hydroxyl groups excluding tert-OH is 1. The lowest BCUT2D eigenvalue weighted by Gasteiger charge is -2.20. The zero-order chi connectivity index (χ0) is 25.1. The Labute approximate surface area is 202 Å². The summed E-state index contributed by atoms with van der Waals surface area (Å²) in [4.78, 5) is 23.3. The van der Waals surface area contributed by atoms with Crippen LogP contribution in [0.4, 0.5) is 11.8 Å². The average Bonchev–Trinajstić information content (AvgIpc) is 2.80. The molecule has 0 aliphatic heterocycles. The largest absolute Gasteiger partial charge is 0.496 e. The Morgan fingerprint density at radius 2 is 2.03 bits per heavy atom. The third-order valence-electron chi connectivity index (χ3n) is 5.55. The van der Waals surface area contributed by atoms with Crippen LogP contribution in [0.2, 0.25) is 0 Å². The van der Waals surface area contributed by atoms with E-state index in [-0.39, 0.29) is 24.6 Å². The first-order chi connectivity index (χ1) is 16.3. The van der Waals surface area contributed by atoms with E-state index < -0.39 is 0 Å². The maximum absolute atomic E-state index is 12.5. The average molecular weight is 474 g/mol. The van der Waals surface area contributed by atoms with Crippen LogP contribution in [0.1, 0.15) is 59.8 Å². The summed E-state index contributed by atoms with van der Waals surface area (Å²) in [5.74, 6) is 0.985. The smallest absolute Gasteiger partial charge is 0.338 e. The Morgan fingerprint density at radius 1 is 1.26 bits per heavy atom. The molecule has 4 N–H and O–H groups in total. The number of aliphatic hydroxyl groups is 1. The molecule has 1 atom stereocenters. The van der Waals surface area contributed by atoms with Gasteiger partial charge in [0.2, 0.25) is 5.95 Å². The van der Waals surface area contributed by atoms with Gasteiger partial charge in [-0.3, -0.25) is 0 Å². The van der Waals surface area contributed by atoms with E-state index in [1.807, 2.05) is 27.1 Å². The van der Waals surface area contributed by atoms with Gasteiger partial charge in [-0.15, -0.1) is 0 Å². The van der Waals surface area contributed by atoms with Gasteiger partial charge in [0.15, 0.2) is 0 Å². The first-order valence-corrected chi connectivity index (χ1v) is 11.8. The highest BCUT2D eigenvalue weighted by Crippen LogP contribution is 2.28. The topological polar surface area (TPSA) is 123 Å². The van der Waals surface area contributed by atoms with Crippen molar-refractivity contribution in [1.82, 2.24) is 14.9 Å². The van der Waals surface area contributed by atoms with Crippen LogP contribution in [-0.4, -0.2) is 72.9 Å². The summed E-state index contributed by atoms with van der Waals surface area (Å²) in [6, 6.07) is 5.17. The maximum atomic E-state index is 12.5. The minimum absolute atomic E-state index is 0.00842. The number of hydrogen-bond donors (Lipinski definition) is 3. The Balaban J connectivity index is 2.18. The molecule has 0 fully saturated rings. The second-order valence-corrected chi connectivity index (χ2v) is 8.66. The van der Waals surface area contributed by atoms with Crippen LogP contribution >= 0.6 is 0 Å². The fourth-order valence-electron chi connectivity index (χ4n) is 3.69. The number of aromatic nitrogens is 2. The first kappa shape index (κ1) is 27.3. The van der Waals surface area contributed by atoms with Gasteiger partial charge in [-0.2, -0.15) is 4.98 Å². The van der Waals surface area contributed by atoms with Crippen LogP contribution in [0, 0.1) is 6.92 Å². The van der Waals surface area contributed by atoms with Gasteiger partial charge in [0.1, 0.15) is 11.6 Å². The number of rotatable bonds is 14. The molecule has 0 unspecified atom stereocenters. The predicted octanol–water partition coefficient (Wildman–Crippen LogP) is 3.04. The minimum atomic E-state index is -0.366. The number of nitrogens with zero attached hydrogens (tertiary/aromatic N) is 3. The van der Waals surface area contributed by atoms with E-state index in [0.717, 1.165) is 49.0 Å². The van der Waals surface area contributed by atoms with Gasteiger partial charge in [0.05, 0.1) is 31.9 Å². The number of hydrogen-bond acceptors (Lipinski definition) is 9. The number of nitrogen functional groups attached to an aromatic ring is 1. The highest BCUT2D eigenvalue weighted by Gasteiger charge is 2.18. The van der Waals surface area contributed by atoms with Crippen LogP contribution < -0.4 is 15.8 Å². The molecule has 1 heterocycles. The molecule has 34 heavy (non-hydrogen) atoms. The summed E-state index contributed by atoms with van der Waals surface area (Å²) >= 11 is 0. The third-order valence-corrected chi connectivity index (χ3v) is 5.55. The number of benzene rings is 1. The minimum Gasteiger partial charge on any atom is -0.496 e. The number of nitrogens with one attached hydrogen (secondary N) is 1. The number of nitrogens with two attached hydrogens (primary N) is 1. The number of ether oxygens (including phenoxy) is 2. The maximum Gasteiger partial charge on any atom is 0.338 e. The SMILES string of the molecule is CCC[C@@H](CO)Nc1nc(N)nc(C)c1Cc1ccc(C(=O)OCCCCN(C)C)cc1OC. The molecule has 0 saturated carbocycles. The summed E-state index contributed by atoms with van der Waals surface area (Å²) in [5, 5.41) is 13.0. The number of methoxy groups -OCH3 is 1. The molecule has 2 aromatic rings. The monoisotopic (exact) mass is 473 g/mol. The normalized spacial score (nSPS) is 12.0. The molecule has 1 aromatic carbocycles. The number of aryl methyl sites for hydroxylation is 1. The van der Waals surface area contributed by atoms with Crippen molar-refractivity contribution < 1.29 is 19.4 Å². The Kier molecular flexibility index (Phi) is 11.0. The molecule has 0 bridgehead atoms. The highest BCUT2D eigenvalue weighted by molar-refractivity contribution is 5.90. The summed E-state index contributed by atoms with van der Waals surface area (Å²) in [5.41, 5.74) is 8.81. The fourth-order valence-corrected chi connectivity index (χ4v) is 3.69. The Morgan fingerprint density at radius 3 is 2.68 bits per heavy atom. The van der Waals surface area contributed by atoms with Gasteiger partial charge >= 0.3 is 5.97 Å². The highest BCUT2D eigenvalue weighted by atomic mass is 16.5. The van der Waals surface area contributed by atoms with Crippen molar-refractivity contribution in [2.45, 2.75) is 52.0 Å². The quantitative estimate of drug-likeness (QED) is 0.281. The van der Waals surface area contributed by atoms with E-state index in [2.05, 4.69) is 27.1 Å². The summed E-state index contributed by atoms with van der Waals surface area (Å²) < 4.78 is 11.0. The molecule has 1 aromatic heterocycles. The van der Waals surface area contributed by atoms with Gasteiger partial charge in [-0.25, -0.2) is 9.78 Å². The second-order valence-electron chi connectivity index (χ2n) is 8.66. The number of carbonyl (C=O) groups is 1. The van der Waals surface area contributed by atoms with Crippen molar-refractivity contribution in [3.63, 3.8) is 0 Å². The van der Waals surface area contributed by atoms with Crippen molar-refractivity contribution in [3.8, 4) is 5.75 Å². The molecule has 9 nitrogen and oxygen atoms in total. The standard InChI is InChI=1S/C25H39N5O4/c1-6-9-20(16-31)28-23-21(17(2)27-25(26)29-23)14-18-10-11-19(15-22(18)33-5)24(32)34-13-8-7-12-30(3)4/h10-11,15,20,31H,6-9,12-14,16H2,1-5H3,(H3,26,27,28,29)/t20-/m0/s1. The lowest BCUT2D eigenvalue weighted by atomic mass is 10.0. The molecule has 0 aliphatic carbocycles. The second kappa shape index (κ2) is 13.7. The van der Waals surface area contributed by atoms with Crippen LogP contribution in [0.3, 0.4) is 0 Å². The summed E-state index contributed by atoms with van der Waals surface area (Å²) in [6.07, 6.45) is 3.99. The van der Waals surface area contributed by atoms with Crippen molar-refractivity contribution in [3.05, 3.63) is 40.6 Å². The zero-order valence-electron chi connectivity index (χ0n) is 21.1. The molecule has 2 rings (SSSR count). The first-order valence-electron chi connectivity index (χ1n) is 11.8. The van der Waals surface area contributed by atoms with E-state index in [1.54, 1.807) is 19.2 Å². The van der Waals surface area contributed by atoms with Gasteiger partial charge in [-0.1, -0.05) is 19.4 Å². The van der Waals surface area contributed by atoms with E-state index >= 15 is 0 Å². The van der Waals surface area contributed by atoms with Gasteiger partial charge in [0, 0.05) is 17.7 Å². The number of carbonyl (C=O) groups excluding carboxylic acids is 1. The number of unbranched alkanes of at least 4 members (excludes halogenated alkanes) is 1. The molecule has 9 heteroatoms. The molecule has 188 valence electrons.